The number of hydrogen-bond acceptors (Lipinski definition) is 4. The number of nitrogens with one attached hydrogen (secondary N) is 1. The van der Waals surface area contributed by atoms with Crippen LogP contribution in [0.25, 0.3) is 0 Å². The first-order chi connectivity index (χ1) is 11.0. The van der Waals surface area contributed by atoms with Crippen LogP contribution >= 0.6 is 23.2 Å². The lowest BCUT2D eigenvalue weighted by Crippen LogP contribution is -2.33. The van der Waals surface area contributed by atoms with Crippen molar-refractivity contribution in [3.63, 3.8) is 0 Å². The van der Waals surface area contributed by atoms with Gasteiger partial charge in [-0.05, 0) is 36.2 Å². The molecule has 122 valence electrons. The summed E-state index contributed by atoms with van der Waals surface area (Å²) in [5.74, 6) is -0.416. The summed E-state index contributed by atoms with van der Waals surface area (Å²) in [5.41, 5.74) is 8.49. The third-order valence-corrected chi connectivity index (χ3v) is 4.15. The van der Waals surface area contributed by atoms with Crippen molar-refractivity contribution in [1.82, 2.24) is 0 Å². The highest BCUT2D eigenvalue weighted by Gasteiger charge is 2.14. The lowest BCUT2D eigenvalue weighted by Gasteiger charge is -2.12. The fourth-order valence-corrected chi connectivity index (χ4v) is 2.67. The smallest absolute Gasteiger partial charge is 0.322 e. The summed E-state index contributed by atoms with van der Waals surface area (Å²) in [6.07, 6.45) is 0.434. The average Bonchev–Trinajstić information content (AvgIpc) is 2.55. The van der Waals surface area contributed by atoms with Gasteiger partial charge in [0.1, 0.15) is 6.04 Å². The van der Waals surface area contributed by atoms with E-state index < -0.39 is 12.0 Å². The molecule has 0 fully saturated rings. The molecule has 0 heterocycles. The highest BCUT2D eigenvalue weighted by molar-refractivity contribution is 6.36. The topological polar surface area (TPSA) is 64.3 Å². The molecule has 23 heavy (non-hydrogen) atoms. The fourth-order valence-electron chi connectivity index (χ4n) is 2.14. The lowest BCUT2D eigenvalue weighted by molar-refractivity contribution is -0.142. The molecule has 0 aliphatic carbocycles. The Morgan fingerprint density at radius 3 is 2.35 bits per heavy atom. The van der Waals surface area contributed by atoms with Crippen LogP contribution in [0.5, 0.6) is 0 Å². The monoisotopic (exact) mass is 352 g/mol. The van der Waals surface area contributed by atoms with Gasteiger partial charge in [0.05, 0.1) is 7.11 Å². The standard InChI is InChI=1S/C17H18Cl2N2O2/c1-23-17(22)16(20)9-11-5-7-12(8-6-11)21-10-13-14(18)3-2-4-15(13)19/h2-8,16,21H,9-10,20H2,1H3/t16-/m0/s1. The molecule has 0 aromatic heterocycles. The number of rotatable bonds is 6. The van der Waals surface area contributed by atoms with Crippen molar-refractivity contribution in [1.29, 1.82) is 0 Å². The Balaban J connectivity index is 1.96. The molecule has 3 N–H and O–H groups in total. The van der Waals surface area contributed by atoms with Crippen molar-refractivity contribution < 1.29 is 9.53 Å². The van der Waals surface area contributed by atoms with Gasteiger partial charge in [-0.2, -0.15) is 0 Å². The third-order valence-electron chi connectivity index (χ3n) is 3.44. The molecule has 6 heteroatoms. The van der Waals surface area contributed by atoms with Crippen LogP contribution in [-0.2, 0) is 22.5 Å². The van der Waals surface area contributed by atoms with Gasteiger partial charge < -0.3 is 15.8 Å². The molecule has 2 rings (SSSR count). The van der Waals surface area contributed by atoms with Gasteiger partial charge in [0.2, 0.25) is 0 Å². The van der Waals surface area contributed by atoms with Crippen molar-refractivity contribution >= 4 is 34.9 Å². The van der Waals surface area contributed by atoms with Crippen LogP contribution in [0.1, 0.15) is 11.1 Å². The highest BCUT2D eigenvalue weighted by atomic mass is 35.5. The Labute approximate surface area is 145 Å². The first kappa shape index (κ1) is 17.6. The molecule has 1 atom stereocenters. The Morgan fingerprint density at radius 2 is 1.78 bits per heavy atom. The summed E-state index contributed by atoms with van der Waals surface area (Å²) in [6, 6.07) is 12.4. The van der Waals surface area contributed by atoms with E-state index in [2.05, 4.69) is 10.1 Å². The van der Waals surface area contributed by atoms with Crippen molar-refractivity contribution in [3.8, 4) is 0 Å². The van der Waals surface area contributed by atoms with Gasteiger partial charge in [-0.15, -0.1) is 0 Å². The zero-order valence-electron chi connectivity index (χ0n) is 12.7. The van der Waals surface area contributed by atoms with Crippen LogP contribution in [0.4, 0.5) is 5.69 Å². The molecule has 0 amide bonds. The lowest BCUT2D eigenvalue weighted by atomic mass is 10.1. The number of carbonyl (C=O) groups is 1. The second kappa shape index (κ2) is 8.20. The number of esters is 1. The van der Waals surface area contributed by atoms with Crippen molar-refractivity contribution in [2.75, 3.05) is 12.4 Å². The van der Waals surface area contributed by atoms with Gasteiger partial charge in [-0.1, -0.05) is 41.4 Å². The minimum absolute atomic E-state index is 0.416. The Kier molecular flexibility index (Phi) is 6.28. The molecule has 0 bridgehead atoms. The number of halogens is 2. The SMILES string of the molecule is COC(=O)[C@@H](N)Cc1ccc(NCc2c(Cl)cccc2Cl)cc1. The van der Waals surface area contributed by atoms with Crippen LogP contribution in [-0.4, -0.2) is 19.1 Å². The van der Waals surface area contributed by atoms with Gasteiger partial charge in [-0.25, -0.2) is 0 Å². The van der Waals surface area contributed by atoms with Gasteiger partial charge in [0.15, 0.2) is 0 Å². The number of anilines is 1. The van der Waals surface area contributed by atoms with Crippen molar-refractivity contribution in [3.05, 3.63) is 63.6 Å². The van der Waals surface area contributed by atoms with Crippen LogP contribution in [0.3, 0.4) is 0 Å². The van der Waals surface area contributed by atoms with E-state index in [1.54, 1.807) is 0 Å². The average molecular weight is 353 g/mol. The van der Waals surface area contributed by atoms with Gasteiger partial charge in [0.25, 0.3) is 0 Å². The van der Waals surface area contributed by atoms with Gasteiger partial charge in [-0.3, -0.25) is 4.79 Å². The summed E-state index contributed by atoms with van der Waals surface area (Å²) in [4.78, 5) is 11.3. The zero-order chi connectivity index (χ0) is 16.8. The number of hydrogen-bond donors (Lipinski definition) is 2. The van der Waals surface area contributed by atoms with Crippen LogP contribution in [0.15, 0.2) is 42.5 Å². The van der Waals surface area contributed by atoms with Gasteiger partial charge in [0, 0.05) is 27.8 Å². The first-order valence-electron chi connectivity index (χ1n) is 7.10. The molecule has 0 aliphatic heterocycles. The molecule has 0 aliphatic rings. The van der Waals surface area contributed by atoms with E-state index in [0.29, 0.717) is 23.0 Å². The molecule has 2 aromatic rings. The molecule has 0 spiro atoms. The van der Waals surface area contributed by atoms with Crippen LogP contribution < -0.4 is 11.1 Å². The molecule has 0 saturated carbocycles. The first-order valence-corrected chi connectivity index (χ1v) is 7.86. The molecular formula is C17H18Cl2N2O2. The van der Waals surface area contributed by atoms with E-state index in [0.717, 1.165) is 16.8 Å². The summed E-state index contributed by atoms with van der Waals surface area (Å²) >= 11 is 12.3. The van der Waals surface area contributed by atoms with E-state index in [9.17, 15) is 4.79 Å². The number of carbonyl (C=O) groups excluding carboxylic acids is 1. The van der Waals surface area contributed by atoms with Gasteiger partial charge >= 0.3 is 5.97 Å². The minimum atomic E-state index is -0.652. The Bertz CT molecular complexity index is 655. The van der Waals surface area contributed by atoms with E-state index in [1.165, 1.54) is 7.11 Å². The van der Waals surface area contributed by atoms with Crippen molar-refractivity contribution in [2.24, 2.45) is 5.73 Å². The third kappa shape index (κ3) is 4.86. The fraction of sp³-hybridized carbons (Fsp3) is 0.235. The highest BCUT2D eigenvalue weighted by Crippen LogP contribution is 2.25. The number of methoxy groups -OCH3 is 1. The van der Waals surface area contributed by atoms with Crippen LogP contribution in [0.2, 0.25) is 10.0 Å². The number of nitrogens with two attached hydrogens (primary N) is 1. The minimum Gasteiger partial charge on any atom is -0.468 e. The van der Waals surface area contributed by atoms with E-state index >= 15 is 0 Å². The zero-order valence-corrected chi connectivity index (χ0v) is 14.2. The molecule has 0 saturated heterocycles. The molecule has 0 unspecified atom stereocenters. The largest absolute Gasteiger partial charge is 0.468 e. The summed E-state index contributed by atoms with van der Waals surface area (Å²) in [6.45, 7) is 0.527. The van der Waals surface area contributed by atoms with Crippen molar-refractivity contribution in [2.45, 2.75) is 19.0 Å². The van der Waals surface area contributed by atoms with Crippen LogP contribution in [0, 0.1) is 0 Å². The van der Waals surface area contributed by atoms with E-state index in [-0.39, 0.29) is 0 Å². The number of benzene rings is 2. The maximum Gasteiger partial charge on any atom is 0.322 e. The molecule has 2 aromatic carbocycles. The second-order valence-electron chi connectivity index (χ2n) is 5.08. The Hall–Kier alpha value is -1.75. The molecule has 4 nitrogen and oxygen atoms in total. The molecular weight excluding hydrogens is 335 g/mol. The molecule has 0 radical (unpaired) electrons. The normalized spacial score (nSPS) is 11.8. The quantitative estimate of drug-likeness (QED) is 0.778. The maximum absolute atomic E-state index is 11.3. The van der Waals surface area contributed by atoms with E-state index in [4.69, 9.17) is 28.9 Å². The summed E-state index contributed by atoms with van der Waals surface area (Å²) in [7, 11) is 1.33. The second-order valence-corrected chi connectivity index (χ2v) is 5.90. The van der Waals surface area contributed by atoms with E-state index in [1.807, 2.05) is 42.5 Å². The summed E-state index contributed by atoms with van der Waals surface area (Å²) in [5, 5.41) is 4.53. The predicted molar refractivity (Wildman–Crippen MR) is 93.9 cm³/mol. The maximum atomic E-state index is 11.3. The number of ether oxygens (including phenoxy) is 1. The Morgan fingerprint density at radius 1 is 1.17 bits per heavy atom. The summed E-state index contributed by atoms with van der Waals surface area (Å²) < 4.78 is 4.62. The predicted octanol–water partition coefficient (Wildman–Crippen LogP) is 3.65.